The lowest BCUT2D eigenvalue weighted by molar-refractivity contribution is 0.0932. The Balaban J connectivity index is 3.63. The van der Waals surface area contributed by atoms with Crippen LogP contribution >= 0.6 is 15.9 Å². The van der Waals surface area contributed by atoms with Crippen molar-refractivity contribution >= 4 is 24.7 Å². The predicted octanol–water partition coefficient (Wildman–Crippen LogP) is 3.30. The molecule has 0 radical (unpaired) electrons. The fraction of sp³-hybridized carbons (Fsp3) is 1.00. The van der Waals surface area contributed by atoms with E-state index in [-0.39, 0.29) is 0 Å². The molecule has 0 amide bonds. The Morgan fingerprint density at radius 3 is 2.31 bits per heavy atom. The molecule has 0 fully saturated rings. The summed E-state index contributed by atoms with van der Waals surface area (Å²) < 4.78 is 5.72. The van der Waals surface area contributed by atoms with E-state index in [1.54, 1.807) is 0 Å². The molecule has 3 heteroatoms. The van der Waals surface area contributed by atoms with E-state index in [1.165, 1.54) is 0 Å². The van der Waals surface area contributed by atoms with Crippen LogP contribution in [0.15, 0.2) is 0 Å². The van der Waals surface area contributed by atoms with Gasteiger partial charge in [0.2, 0.25) is 0 Å². The van der Waals surface area contributed by atoms with Crippen molar-refractivity contribution in [2.45, 2.75) is 38.9 Å². The average Bonchev–Trinajstić information content (AvgIpc) is 2.03. The maximum atomic E-state index is 5.72. The van der Waals surface area contributed by atoms with Crippen molar-refractivity contribution in [3.05, 3.63) is 0 Å². The van der Waals surface area contributed by atoms with E-state index in [0.29, 0.717) is 11.0 Å². The van der Waals surface area contributed by atoms with Gasteiger partial charge in [0.15, 0.2) is 0 Å². The summed E-state index contributed by atoms with van der Waals surface area (Å²) in [6.07, 6.45) is 0. The molecule has 0 aromatic carbocycles. The summed E-state index contributed by atoms with van der Waals surface area (Å²) >= 11 is 3.45. The third-order valence-electron chi connectivity index (χ3n) is 2.70. The SMILES string of the molecule is C[C@@H](CBr)COCC(C)(C)[SiH](C)C. The minimum atomic E-state index is -0.588. The molecule has 0 saturated heterocycles. The van der Waals surface area contributed by atoms with E-state index in [9.17, 15) is 0 Å². The second-order valence-electron chi connectivity index (χ2n) is 4.92. The van der Waals surface area contributed by atoms with Crippen LogP contribution in [0.3, 0.4) is 0 Å². The molecule has 0 saturated carbocycles. The number of hydrogen-bond acceptors (Lipinski definition) is 1. The molecular weight excluding hydrogens is 244 g/mol. The Labute approximate surface area is 93.0 Å². The summed E-state index contributed by atoms with van der Waals surface area (Å²) in [5.74, 6) is 0.629. The quantitative estimate of drug-likeness (QED) is 0.530. The van der Waals surface area contributed by atoms with E-state index >= 15 is 0 Å². The highest BCUT2D eigenvalue weighted by molar-refractivity contribution is 9.09. The number of halogens is 1. The first-order valence-corrected chi connectivity index (χ1v) is 9.04. The molecule has 80 valence electrons. The molecule has 1 nitrogen and oxygen atoms in total. The number of alkyl halides is 1. The van der Waals surface area contributed by atoms with Crippen molar-refractivity contribution in [1.82, 2.24) is 0 Å². The summed E-state index contributed by atoms with van der Waals surface area (Å²) in [5, 5.41) is 1.47. The Bertz CT molecular complexity index is 137. The minimum Gasteiger partial charge on any atom is -0.381 e. The Hall–Kier alpha value is 0.657. The maximum absolute atomic E-state index is 5.72. The second kappa shape index (κ2) is 6.20. The van der Waals surface area contributed by atoms with Gasteiger partial charge in [0, 0.05) is 27.3 Å². The summed E-state index contributed by atoms with van der Waals surface area (Å²) in [6.45, 7) is 13.4. The number of rotatable bonds is 6. The highest BCUT2D eigenvalue weighted by atomic mass is 79.9. The van der Waals surface area contributed by atoms with Crippen LogP contribution < -0.4 is 0 Å². The Morgan fingerprint density at radius 2 is 1.92 bits per heavy atom. The summed E-state index contributed by atoms with van der Waals surface area (Å²) in [7, 11) is -0.588. The first-order chi connectivity index (χ1) is 5.90. The van der Waals surface area contributed by atoms with E-state index < -0.39 is 8.80 Å². The lowest BCUT2D eigenvalue weighted by Crippen LogP contribution is -2.27. The first kappa shape index (κ1) is 13.7. The van der Waals surface area contributed by atoms with E-state index in [0.717, 1.165) is 18.5 Å². The molecule has 0 aromatic rings. The fourth-order valence-electron chi connectivity index (χ4n) is 0.734. The molecule has 0 aliphatic carbocycles. The monoisotopic (exact) mass is 266 g/mol. The zero-order chi connectivity index (χ0) is 10.5. The van der Waals surface area contributed by atoms with E-state index in [2.05, 4.69) is 49.8 Å². The molecule has 1 atom stereocenters. The third kappa shape index (κ3) is 5.86. The standard InChI is InChI=1S/C10H23BrOSi/c1-9(6-11)7-12-8-10(2,3)13(4)5/h9,13H,6-8H2,1-5H3/t9-/m0/s1. The molecule has 0 bridgehead atoms. The molecule has 0 aliphatic rings. The van der Waals surface area contributed by atoms with Gasteiger partial charge in [-0.05, 0) is 11.0 Å². The second-order valence-corrected chi connectivity index (χ2v) is 9.44. The topological polar surface area (TPSA) is 9.23 Å². The van der Waals surface area contributed by atoms with Crippen LogP contribution in [0.2, 0.25) is 18.1 Å². The van der Waals surface area contributed by atoms with Gasteiger partial charge in [-0.2, -0.15) is 0 Å². The van der Waals surface area contributed by atoms with Crippen LogP contribution in [0.4, 0.5) is 0 Å². The van der Waals surface area contributed by atoms with Crippen LogP contribution in [0.5, 0.6) is 0 Å². The zero-order valence-electron chi connectivity index (χ0n) is 9.56. The third-order valence-corrected chi connectivity index (χ3v) is 7.10. The minimum absolute atomic E-state index is 0.437. The van der Waals surface area contributed by atoms with Crippen LogP contribution in [-0.4, -0.2) is 27.3 Å². The maximum Gasteiger partial charge on any atom is 0.0499 e. The Morgan fingerprint density at radius 1 is 1.38 bits per heavy atom. The highest BCUT2D eigenvalue weighted by Gasteiger charge is 2.23. The van der Waals surface area contributed by atoms with Gasteiger partial charge in [-0.25, -0.2) is 0 Å². The van der Waals surface area contributed by atoms with Gasteiger partial charge in [-0.15, -0.1) is 0 Å². The Kier molecular flexibility index (Phi) is 6.51. The predicted molar refractivity (Wildman–Crippen MR) is 66.7 cm³/mol. The first-order valence-electron chi connectivity index (χ1n) is 5.04. The molecule has 0 unspecified atom stereocenters. The normalized spacial score (nSPS) is 15.0. The summed E-state index contributed by atoms with van der Waals surface area (Å²) in [4.78, 5) is 0. The van der Waals surface area contributed by atoms with Crippen molar-refractivity contribution in [2.24, 2.45) is 5.92 Å². The van der Waals surface area contributed by atoms with Crippen molar-refractivity contribution in [2.75, 3.05) is 18.5 Å². The molecular formula is C10H23BrOSi. The van der Waals surface area contributed by atoms with Crippen LogP contribution in [0.25, 0.3) is 0 Å². The zero-order valence-corrected chi connectivity index (χ0v) is 12.3. The average molecular weight is 267 g/mol. The van der Waals surface area contributed by atoms with Crippen LogP contribution in [-0.2, 0) is 4.74 Å². The number of hydrogen-bond donors (Lipinski definition) is 0. The van der Waals surface area contributed by atoms with Gasteiger partial charge in [-0.1, -0.05) is 49.8 Å². The van der Waals surface area contributed by atoms with Gasteiger partial charge < -0.3 is 4.74 Å². The molecule has 0 heterocycles. The summed E-state index contributed by atoms with van der Waals surface area (Å²) in [5.41, 5.74) is 0. The van der Waals surface area contributed by atoms with Crippen molar-refractivity contribution in [3.8, 4) is 0 Å². The van der Waals surface area contributed by atoms with Crippen molar-refractivity contribution in [3.63, 3.8) is 0 Å². The van der Waals surface area contributed by atoms with Gasteiger partial charge in [0.1, 0.15) is 0 Å². The van der Waals surface area contributed by atoms with Gasteiger partial charge in [0.05, 0.1) is 0 Å². The summed E-state index contributed by atoms with van der Waals surface area (Å²) in [6, 6.07) is 0. The largest absolute Gasteiger partial charge is 0.381 e. The van der Waals surface area contributed by atoms with Gasteiger partial charge in [-0.3, -0.25) is 0 Å². The highest BCUT2D eigenvalue weighted by Crippen LogP contribution is 2.28. The molecule has 0 aliphatic heterocycles. The van der Waals surface area contributed by atoms with E-state index in [4.69, 9.17) is 4.74 Å². The van der Waals surface area contributed by atoms with Gasteiger partial charge >= 0.3 is 0 Å². The molecule has 0 aromatic heterocycles. The molecule has 0 N–H and O–H groups in total. The molecule has 13 heavy (non-hydrogen) atoms. The van der Waals surface area contributed by atoms with E-state index in [1.807, 2.05) is 0 Å². The molecule has 0 rings (SSSR count). The lowest BCUT2D eigenvalue weighted by atomic mass is 10.2. The number of ether oxygens (including phenoxy) is 1. The fourth-order valence-corrected chi connectivity index (χ4v) is 1.37. The molecule has 0 spiro atoms. The smallest absolute Gasteiger partial charge is 0.0499 e. The van der Waals surface area contributed by atoms with Crippen LogP contribution in [0.1, 0.15) is 20.8 Å². The van der Waals surface area contributed by atoms with Gasteiger partial charge in [0.25, 0.3) is 0 Å². The lowest BCUT2D eigenvalue weighted by Gasteiger charge is -2.28. The van der Waals surface area contributed by atoms with Crippen LogP contribution in [0, 0.1) is 5.92 Å². The van der Waals surface area contributed by atoms with Crippen molar-refractivity contribution in [1.29, 1.82) is 0 Å². The van der Waals surface area contributed by atoms with Crippen molar-refractivity contribution < 1.29 is 4.74 Å².